The minimum absolute atomic E-state index is 0.0815. The second-order valence-corrected chi connectivity index (χ2v) is 7.61. The summed E-state index contributed by atoms with van der Waals surface area (Å²) < 4.78 is 13.9. The Bertz CT molecular complexity index is 842. The Balaban J connectivity index is 1.61. The van der Waals surface area contributed by atoms with E-state index in [1.54, 1.807) is 0 Å². The first-order valence-corrected chi connectivity index (χ1v) is 9.58. The summed E-state index contributed by atoms with van der Waals surface area (Å²) in [5, 5.41) is 2.77. The third-order valence-corrected chi connectivity index (χ3v) is 5.39. The van der Waals surface area contributed by atoms with Crippen molar-refractivity contribution in [2.75, 3.05) is 18.4 Å². The van der Waals surface area contributed by atoms with E-state index >= 15 is 0 Å². The molecule has 2 aromatic carbocycles. The number of primary amides is 1. The van der Waals surface area contributed by atoms with Crippen LogP contribution in [-0.2, 0) is 11.3 Å². The van der Waals surface area contributed by atoms with Gasteiger partial charge in [0.25, 0.3) is 5.91 Å². The van der Waals surface area contributed by atoms with Gasteiger partial charge in [0.2, 0.25) is 5.91 Å². The van der Waals surface area contributed by atoms with Crippen LogP contribution in [0.3, 0.4) is 0 Å². The van der Waals surface area contributed by atoms with Gasteiger partial charge in [-0.1, -0.05) is 12.1 Å². The van der Waals surface area contributed by atoms with Crippen LogP contribution in [0.25, 0.3) is 0 Å². The number of carbonyl (C=O) groups excluding carboxylic acids is 2. The molecule has 1 atom stereocenters. The first-order valence-electron chi connectivity index (χ1n) is 8.79. The molecule has 0 bridgehead atoms. The van der Waals surface area contributed by atoms with Crippen LogP contribution in [0, 0.1) is 11.7 Å². The molecule has 1 heterocycles. The Labute approximate surface area is 165 Å². The zero-order chi connectivity index (χ0) is 19.4. The van der Waals surface area contributed by atoms with Gasteiger partial charge in [-0.25, -0.2) is 4.39 Å². The molecule has 27 heavy (non-hydrogen) atoms. The average Bonchev–Trinajstić information content (AvgIpc) is 2.65. The second-order valence-electron chi connectivity index (χ2n) is 6.75. The third kappa shape index (κ3) is 5.14. The summed E-state index contributed by atoms with van der Waals surface area (Å²) in [5.41, 5.74) is 7.39. The standard InChI is InChI=1S/C20H21BrFN3O2/c21-18-8-5-15(22)10-17(18)20(27)24-16-6-3-13(4-7-16)11-25-9-1-2-14(12-25)19(23)26/h3-8,10,14H,1-2,9,11-12H2,(H2,23,26)(H,24,27). The molecule has 1 aliphatic rings. The molecule has 2 aromatic rings. The normalized spacial score (nSPS) is 17.5. The van der Waals surface area contributed by atoms with E-state index in [4.69, 9.17) is 5.73 Å². The van der Waals surface area contributed by atoms with E-state index in [-0.39, 0.29) is 23.3 Å². The fraction of sp³-hybridized carbons (Fsp3) is 0.300. The number of likely N-dealkylation sites (tertiary alicyclic amines) is 1. The van der Waals surface area contributed by atoms with Gasteiger partial charge < -0.3 is 11.1 Å². The maximum absolute atomic E-state index is 13.4. The number of carbonyl (C=O) groups is 2. The predicted octanol–water partition coefficient (Wildman–Crippen LogP) is 3.54. The first kappa shape index (κ1) is 19.5. The maximum atomic E-state index is 13.4. The van der Waals surface area contributed by atoms with Crippen LogP contribution >= 0.6 is 15.9 Å². The molecule has 3 N–H and O–H groups in total. The van der Waals surface area contributed by atoms with Crippen LogP contribution in [0.4, 0.5) is 10.1 Å². The van der Waals surface area contributed by atoms with Crippen LogP contribution in [0.2, 0.25) is 0 Å². The molecular formula is C20H21BrFN3O2. The lowest BCUT2D eigenvalue weighted by atomic mass is 9.97. The molecule has 7 heteroatoms. The summed E-state index contributed by atoms with van der Waals surface area (Å²) in [7, 11) is 0. The van der Waals surface area contributed by atoms with Gasteiger partial charge in [-0.2, -0.15) is 0 Å². The highest BCUT2D eigenvalue weighted by molar-refractivity contribution is 9.10. The van der Waals surface area contributed by atoms with Crippen molar-refractivity contribution in [3.8, 4) is 0 Å². The molecule has 2 amide bonds. The lowest BCUT2D eigenvalue weighted by Gasteiger charge is -2.31. The van der Waals surface area contributed by atoms with Gasteiger partial charge in [0.1, 0.15) is 5.82 Å². The lowest BCUT2D eigenvalue weighted by Crippen LogP contribution is -2.40. The number of hydrogen-bond donors (Lipinski definition) is 2. The smallest absolute Gasteiger partial charge is 0.256 e. The highest BCUT2D eigenvalue weighted by atomic mass is 79.9. The first-order chi connectivity index (χ1) is 12.9. The van der Waals surface area contributed by atoms with Gasteiger partial charge >= 0.3 is 0 Å². The Morgan fingerprint density at radius 1 is 1.22 bits per heavy atom. The minimum Gasteiger partial charge on any atom is -0.369 e. The molecule has 3 rings (SSSR count). The molecule has 0 aliphatic carbocycles. The fourth-order valence-electron chi connectivity index (χ4n) is 3.25. The largest absolute Gasteiger partial charge is 0.369 e. The van der Waals surface area contributed by atoms with Crippen LogP contribution in [0.5, 0.6) is 0 Å². The predicted molar refractivity (Wildman–Crippen MR) is 106 cm³/mol. The molecule has 1 fully saturated rings. The Kier molecular flexibility index (Phi) is 6.23. The molecule has 1 saturated heterocycles. The average molecular weight is 434 g/mol. The maximum Gasteiger partial charge on any atom is 0.256 e. The van der Waals surface area contributed by atoms with Crippen molar-refractivity contribution in [1.82, 2.24) is 4.90 Å². The molecule has 0 spiro atoms. The van der Waals surface area contributed by atoms with E-state index in [0.29, 0.717) is 16.7 Å². The molecule has 0 aromatic heterocycles. The van der Waals surface area contributed by atoms with Crippen LogP contribution in [0.1, 0.15) is 28.8 Å². The van der Waals surface area contributed by atoms with Crippen molar-refractivity contribution in [3.63, 3.8) is 0 Å². The summed E-state index contributed by atoms with van der Waals surface area (Å²) in [5.74, 6) is -1.16. The SMILES string of the molecule is NC(=O)C1CCCN(Cc2ccc(NC(=O)c3cc(F)ccc3Br)cc2)C1. The monoisotopic (exact) mass is 433 g/mol. The number of amides is 2. The number of hydrogen-bond acceptors (Lipinski definition) is 3. The number of nitrogens with one attached hydrogen (secondary N) is 1. The minimum atomic E-state index is -0.463. The Morgan fingerprint density at radius 3 is 2.67 bits per heavy atom. The quantitative estimate of drug-likeness (QED) is 0.756. The molecule has 142 valence electrons. The summed E-state index contributed by atoms with van der Waals surface area (Å²) >= 11 is 3.26. The van der Waals surface area contributed by atoms with E-state index in [1.807, 2.05) is 24.3 Å². The number of rotatable bonds is 5. The van der Waals surface area contributed by atoms with E-state index in [9.17, 15) is 14.0 Å². The lowest BCUT2D eigenvalue weighted by molar-refractivity contribution is -0.123. The molecule has 0 saturated carbocycles. The van der Waals surface area contributed by atoms with Crippen molar-refractivity contribution in [1.29, 1.82) is 0 Å². The van der Waals surface area contributed by atoms with Crippen molar-refractivity contribution >= 4 is 33.4 Å². The Morgan fingerprint density at radius 2 is 1.96 bits per heavy atom. The molecule has 0 radical (unpaired) electrons. The zero-order valence-corrected chi connectivity index (χ0v) is 16.3. The van der Waals surface area contributed by atoms with Gasteiger partial charge in [-0.15, -0.1) is 0 Å². The summed E-state index contributed by atoms with van der Waals surface area (Å²) in [6.45, 7) is 2.35. The summed E-state index contributed by atoms with van der Waals surface area (Å²) in [6, 6.07) is 11.5. The number of nitrogens with zero attached hydrogens (tertiary/aromatic N) is 1. The van der Waals surface area contributed by atoms with Crippen LogP contribution < -0.4 is 11.1 Å². The molecule has 5 nitrogen and oxygen atoms in total. The van der Waals surface area contributed by atoms with E-state index < -0.39 is 5.82 Å². The Hall–Kier alpha value is -2.25. The van der Waals surface area contributed by atoms with Crippen molar-refractivity contribution < 1.29 is 14.0 Å². The molecule has 1 unspecified atom stereocenters. The summed E-state index contributed by atoms with van der Waals surface area (Å²) in [4.78, 5) is 25.9. The number of piperidine rings is 1. The highest BCUT2D eigenvalue weighted by Crippen LogP contribution is 2.21. The topological polar surface area (TPSA) is 75.4 Å². The second kappa shape index (κ2) is 8.63. The molecule has 1 aliphatic heterocycles. The molecular weight excluding hydrogens is 413 g/mol. The van der Waals surface area contributed by atoms with Crippen molar-refractivity contribution in [2.24, 2.45) is 11.7 Å². The number of nitrogens with two attached hydrogens (primary N) is 1. The van der Waals surface area contributed by atoms with Gasteiger partial charge in [0.05, 0.1) is 11.5 Å². The van der Waals surface area contributed by atoms with Crippen LogP contribution in [0.15, 0.2) is 46.9 Å². The number of anilines is 1. The summed E-state index contributed by atoms with van der Waals surface area (Å²) in [6.07, 6.45) is 1.82. The van der Waals surface area contributed by atoms with E-state index in [0.717, 1.165) is 31.5 Å². The van der Waals surface area contributed by atoms with Crippen LogP contribution in [-0.4, -0.2) is 29.8 Å². The van der Waals surface area contributed by atoms with E-state index in [1.165, 1.54) is 18.2 Å². The fourth-order valence-corrected chi connectivity index (χ4v) is 3.68. The highest BCUT2D eigenvalue weighted by Gasteiger charge is 2.23. The number of benzene rings is 2. The van der Waals surface area contributed by atoms with Gasteiger partial charge in [0.15, 0.2) is 0 Å². The van der Waals surface area contributed by atoms with Gasteiger partial charge in [0, 0.05) is 23.2 Å². The number of halogens is 2. The van der Waals surface area contributed by atoms with Gasteiger partial charge in [-0.05, 0) is 71.2 Å². The van der Waals surface area contributed by atoms with Crippen molar-refractivity contribution in [2.45, 2.75) is 19.4 Å². The zero-order valence-electron chi connectivity index (χ0n) is 14.8. The van der Waals surface area contributed by atoms with Gasteiger partial charge in [-0.3, -0.25) is 14.5 Å². The van der Waals surface area contributed by atoms with Crippen molar-refractivity contribution in [3.05, 3.63) is 63.9 Å². The third-order valence-electron chi connectivity index (χ3n) is 4.70. The van der Waals surface area contributed by atoms with E-state index in [2.05, 4.69) is 26.1 Å².